The lowest BCUT2D eigenvalue weighted by molar-refractivity contribution is -0.119. The second-order valence-corrected chi connectivity index (χ2v) is 8.47. The standard InChI is InChI=1S/C29H27NO2/c1-21-3-2-4-24(15-21)19-29(32)17-23-7-5-22(6-8-23)10-12-28(31)18-25-9-11-27-20-30-14-13-26(27)16-25/h2-9,11,13-16,20H,10,12,17-19H2,1H3. The van der Waals surface area contributed by atoms with Gasteiger partial charge in [-0.3, -0.25) is 14.6 Å². The number of aryl methyl sites for hydroxylation is 2. The highest BCUT2D eigenvalue weighted by Crippen LogP contribution is 2.16. The molecule has 0 radical (unpaired) electrons. The molecule has 0 bridgehead atoms. The molecule has 0 aliphatic rings. The zero-order valence-electron chi connectivity index (χ0n) is 18.4. The highest BCUT2D eigenvalue weighted by atomic mass is 16.1. The second-order valence-electron chi connectivity index (χ2n) is 8.47. The summed E-state index contributed by atoms with van der Waals surface area (Å²) in [5.74, 6) is 0.445. The summed E-state index contributed by atoms with van der Waals surface area (Å²) < 4.78 is 0. The van der Waals surface area contributed by atoms with Crippen molar-refractivity contribution in [2.75, 3.05) is 0 Å². The molecule has 0 saturated heterocycles. The molecule has 0 aliphatic carbocycles. The Morgan fingerprint density at radius 2 is 1.38 bits per heavy atom. The quantitative estimate of drug-likeness (QED) is 0.351. The smallest absolute Gasteiger partial charge is 0.141 e. The van der Waals surface area contributed by atoms with Gasteiger partial charge in [-0.1, -0.05) is 72.3 Å². The van der Waals surface area contributed by atoms with E-state index in [4.69, 9.17) is 0 Å². The van der Waals surface area contributed by atoms with Gasteiger partial charge < -0.3 is 0 Å². The van der Waals surface area contributed by atoms with Gasteiger partial charge in [0.1, 0.15) is 11.6 Å². The minimum atomic E-state index is 0.213. The largest absolute Gasteiger partial charge is 0.299 e. The maximum Gasteiger partial charge on any atom is 0.141 e. The number of hydrogen-bond acceptors (Lipinski definition) is 3. The van der Waals surface area contributed by atoms with E-state index < -0.39 is 0 Å². The lowest BCUT2D eigenvalue weighted by atomic mass is 9.98. The second kappa shape index (κ2) is 10.1. The van der Waals surface area contributed by atoms with Crippen molar-refractivity contribution in [1.29, 1.82) is 0 Å². The number of benzene rings is 3. The fraction of sp³-hybridized carbons (Fsp3) is 0.207. The lowest BCUT2D eigenvalue weighted by Gasteiger charge is -2.06. The van der Waals surface area contributed by atoms with E-state index in [-0.39, 0.29) is 11.6 Å². The summed E-state index contributed by atoms with van der Waals surface area (Å²) >= 11 is 0. The van der Waals surface area contributed by atoms with E-state index in [0.29, 0.717) is 32.1 Å². The Bertz CT molecular complexity index is 1240. The van der Waals surface area contributed by atoms with Gasteiger partial charge in [-0.05, 0) is 47.1 Å². The Labute approximate surface area is 189 Å². The van der Waals surface area contributed by atoms with Crippen molar-refractivity contribution in [2.45, 2.75) is 39.0 Å². The summed E-state index contributed by atoms with van der Waals surface area (Å²) in [7, 11) is 0. The topological polar surface area (TPSA) is 47.0 Å². The van der Waals surface area contributed by atoms with Crippen LogP contribution < -0.4 is 0 Å². The first kappa shape index (κ1) is 21.6. The van der Waals surface area contributed by atoms with Crippen molar-refractivity contribution in [3.63, 3.8) is 0 Å². The molecule has 0 amide bonds. The van der Waals surface area contributed by atoms with E-state index in [1.807, 2.05) is 73.8 Å². The van der Waals surface area contributed by atoms with Crippen molar-refractivity contribution in [3.05, 3.63) is 113 Å². The molecule has 0 saturated carbocycles. The van der Waals surface area contributed by atoms with Crippen molar-refractivity contribution in [2.24, 2.45) is 0 Å². The van der Waals surface area contributed by atoms with Crippen molar-refractivity contribution >= 4 is 22.3 Å². The maximum atomic E-state index is 12.5. The average Bonchev–Trinajstić information content (AvgIpc) is 2.78. The molecule has 0 spiro atoms. The summed E-state index contributed by atoms with van der Waals surface area (Å²) in [6.45, 7) is 2.04. The van der Waals surface area contributed by atoms with Crippen LogP contribution in [0.25, 0.3) is 10.8 Å². The Morgan fingerprint density at radius 3 is 2.19 bits per heavy atom. The van der Waals surface area contributed by atoms with Gasteiger partial charge in [0.15, 0.2) is 0 Å². The van der Waals surface area contributed by atoms with E-state index in [1.165, 1.54) is 5.56 Å². The van der Waals surface area contributed by atoms with Crippen LogP contribution in [0.5, 0.6) is 0 Å². The number of hydrogen-bond donors (Lipinski definition) is 0. The number of carbonyl (C=O) groups is 2. The van der Waals surface area contributed by atoms with E-state index in [0.717, 1.165) is 33.0 Å². The molecule has 0 aliphatic heterocycles. The van der Waals surface area contributed by atoms with Crippen LogP contribution >= 0.6 is 0 Å². The summed E-state index contributed by atoms with van der Waals surface area (Å²) in [6, 6.07) is 24.2. The van der Waals surface area contributed by atoms with Gasteiger partial charge in [0.05, 0.1) is 0 Å². The van der Waals surface area contributed by atoms with Gasteiger partial charge in [0.2, 0.25) is 0 Å². The molecule has 3 nitrogen and oxygen atoms in total. The van der Waals surface area contributed by atoms with E-state index in [2.05, 4.69) is 17.1 Å². The fourth-order valence-electron chi connectivity index (χ4n) is 4.01. The molecule has 0 unspecified atom stereocenters. The molecule has 160 valence electrons. The highest BCUT2D eigenvalue weighted by molar-refractivity contribution is 5.86. The Hall–Kier alpha value is -3.59. The lowest BCUT2D eigenvalue weighted by Crippen LogP contribution is -2.07. The summed E-state index contributed by atoms with van der Waals surface area (Å²) in [5, 5.41) is 2.19. The molecule has 1 heterocycles. The van der Waals surface area contributed by atoms with Gasteiger partial charge in [-0.2, -0.15) is 0 Å². The molecule has 3 aromatic carbocycles. The average molecular weight is 422 g/mol. The number of ketones is 2. The van der Waals surface area contributed by atoms with Crippen LogP contribution in [0.2, 0.25) is 0 Å². The minimum absolute atomic E-state index is 0.213. The third-order valence-corrected chi connectivity index (χ3v) is 5.71. The summed E-state index contributed by atoms with van der Waals surface area (Å²) in [4.78, 5) is 29.0. The molecule has 0 fully saturated rings. The molecular formula is C29H27NO2. The van der Waals surface area contributed by atoms with Crippen LogP contribution in [0.1, 0.15) is 34.2 Å². The monoisotopic (exact) mass is 421 g/mol. The van der Waals surface area contributed by atoms with Crippen LogP contribution in [-0.4, -0.2) is 16.6 Å². The van der Waals surface area contributed by atoms with Crippen molar-refractivity contribution < 1.29 is 9.59 Å². The molecule has 0 N–H and O–H groups in total. The van der Waals surface area contributed by atoms with Gasteiger partial charge in [0, 0.05) is 43.5 Å². The number of fused-ring (bicyclic) bond motifs is 1. The van der Waals surface area contributed by atoms with Gasteiger partial charge in [0.25, 0.3) is 0 Å². The fourth-order valence-corrected chi connectivity index (χ4v) is 4.01. The molecule has 1 aromatic heterocycles. The molecule has 3 heteroatoms. The Morgan fingerprint density at radius 1 is 0.688 bits per heavy atom. The molecule has 4 rings (SSSR count). The number of rotatable bonds is 9. The van der Waals surface area contributed by atoms with Crippen LogP contribution in [-0.2, 0) is 35.3 Å². The number of nitrogens with zero attached hydrogens (tertiary/aromatic N) is 1. The first-order valence-electron chi connectivity index (χ1n) is 11.0. The third-order valence-electron chi connectivity index (χ3n) is 5.71. The van der Waals surface area contributed by atoms with Crippen molar-refractivity contribution in [1.82, 2.24) is 4.98 Å². The zero-order valence-corrected chi connectivity index (χ0v) is 18.4. The van der Waals surface area contributed by atoms with E-state index in [9.17, 15) is 9.59 Å². The van der Waals surface area contributed by atoms with Gasteiger partial charge in [-0.15, -0.1) is 0 Å². The number of pyridine rings is 1. The summed E-state index contributed by atoms with van der Waals surface area (Å²) in [5.41, 5.74) is 5.41. The minimum Gasteiger partial charge on any atom is -0.299 e. The Balaban J connectivity index is 1.26. The number of carbonyl (C=O) groups excluding carboxylic acids is 2. The molecule has 4 aromatic rings. The predicted octanol–water partition coefficient (Wildman–Crippen LogP) is 5.64. The van der Waals surface area contributed by atoms with Crippen LogP contribution in [0.15, 0.2) is 85.2 Å². The highest BCUT2D eigenvalue weighted by Gasteiger charge is 2.08. The SMILES string of the molecule is Cc1cccc(CC(=O)Cc2ccc(CCC(=O)Cc3ccc4cnccc4c3)cc2)c1. The Kier molecular flexibility index (Phi) is 6.86. The molecule has 0 atom stereocenters. The number of aromatic nitrogens is 1. The first-order chi connectivity index (χ1) is 15.5. The van der Waals surface area contributed by atoms with Crippen LogP contribution in [0, 0.1) is 6.92 Å². The third kappa shape index (κ3) is 5.98. The van der Waals surface area contributed by atoms with E-state index >= 15 is 0 Å². The van der Waals surface area contributed by atoms with E-state index in [1.54, 1.807) is 6.20 Å². The normalized spacial score (nSPS) is 10.9. The molecular weight excluding hydrogens is 394 g/mol. The van der Waals surface area contributed by atoms with Crippen LogP contribution in [0.3, 0.4) is 0 Å². The first-order valence-corrected chi connectivity index (χ1v) is 11.0. The van der Waals surface area contributed by atoms with Gasteiger partial charge >= 0.3 is 0 Å². The van der Waals surface area contributed by atoms with Crippen LogP contribution in [0.4, 0.5) is 0 Å². The zero-order chi connectivity index (χ0) is 22.3. The maximum absolute atomic E-state index is 12.5. The van der Waals surface area contributed by atoms with Gasteiger partial charge in [-0.25, -0.2) is 0 Å². The molecule has 32 heavy (non-hydrogen) atoms. The number of Topliss-reactive ketones (excluding diaryl/α,β-unsaturated/α-hetero) is 2. The van der Waals surface area contributed by atoms with Crippen molar-refractivity contribution in [3.8, 4) is 0 Å². The summed E-state index contributed by atoms with van der Waals surface area (Å²) in [6.07, 6.45) is 6.18. The predicted molar refractivity (Wildman–Crippen MR) is 129 cm³/mol.